The molecule has 0 aliphatic rings. The Hall–Kier alpha value is -1.82. The molecule has 0 unspecified atom stereocenters. The molecule has 0 atom stereocenters. The van der Waals surface area contributed by atoms with Crippen LogP contribution in [0.25, 0.3) is 0 Å². The highest BCUT2D eigenvalue weighted by Gasteiger charge is 2.15. The van der Waals surface area contributed by atoms with Crippen LogP contribution in [0.15, 0.2) is 18.2 Å². The third-order valence-electron chi connectivity index (χ3n) is 2.29. The summed E-state index contributed by atoms with van der Waals surface area (Å²) in [5, 5.41) is 10.3. The van der Waals surface area contributed by atoms with Crippen molar-refractivity contribution in [2.45, 2.75) is 6.42 Å². The van der Waals surface area contributed by atoms with Crippen molar-refractivity contribution < 1.29 is 19.2 Å². The van der Waals surface area contributed by atoms with Crippen LogP contribution >= 0.6 is 11.6 Å². The Kier molecular flexibility index (Phi) is 6.08. The normalized spacial score (nSPS) is 10.0. The molecule has 0 aliphatic heterocycles. The monoisotopic (exact) mass is 287 g/mol. The van der Waals surface area contributed by atoms with Gasteiger partial charge in [0.1, 0.15) is 0 Å². The van der Waals surface area contributed by atoms with Crippen molar-refractivity contribution in [2.75, 3.05) is 26.1 Å². The van der Waals surface area contributed by atoms with Gasteiger partial charge in [-0.05, 0) is 24.6 Å². The van der Waals surface area contributed by atoms with Crippen molar-refractivity contribution in [3.05, 3.63) is 33.9 Å². The molecular weight excluding hydrogens is 274 g/mol. The summed E-state index contributed by atoms with van der Waals surface area (Å²) in [7, 11) is 1.44. The Balaban J connectivity index is 2.83. The maximum absolute atomic E-state index is 11.5. The summed E-state index contributed by atoms with van der Waals surface area (Å²) >= 11 is 5.54. The van der Waals surface area contributed by atoms with E-state index in [1.807, 2.05) is 0 Å². The number of methoxy groups -OCH3 is 1. The highest BCUT2D eigenvalue weighted by atomic mass is 35.5. The number of halogens is 1. The summed E-state index contributed by atoms with van der Waals surface area (Å²) in [6, 6.07) is 4.46. The molecule has 0 aromatic heterocycles. The van der Waals surface area contributed by atoms with Crippen LogP contribution in [0, 0.1) is 10.1 Å². The van der Waals surface area contributed by atoms with E-state index in [1.165, 1.54) is 19.2 Å². The minimum Gasteiger partial charge on any atom is -0.493 e. The Morgan fingerprint density at radius 3 is 2.74 bits per heavy atom. The SMILES string of the molecule is COc1cc(C(=O)C[N+](=O)[O-])ccc1OCCCCl. The van der Waals surface area contributed by atoms with Crippen LogP contribution in [0.5, 0.6) is 11.5 Å². The first-order valence-electron chi connectivity index (χ1n) is 5.60. The van der Waals surface area contributed by atoms with Crippen molar-refractivity contribution >= 4 is 17.4 Å². The molecule has 1 aromatic rings. The van der Waals surface area contributed by atoms with Crippen molar-refractivity contribution in [3.8, 4) is 11.5 Å². The molecule has 0 fully saturated rings. The number of hydrogen-bond donors (Lipinski definition) is 0. The first-order chi connectivity index (χ1) is 9.08. The van der Waals surface area contributed by atoms with Gasteiger partial charge in [0.2, 0.25) is 5.78 Å². The number of nitro groups is 1. The van der Waals surface area contributed by atoms with Gasteiger partial charge in [0.25, 0.3) is 6.54 Å². The Morgan fingerprint density at radius 2 is 2.16 bits per heavy atom. The summed E-state index contributed by atoms with van der Waals surface area (Å²) in [5.74, 6) is 0.756. The predicted molar refractivity (Wildman–Crippen MR) is 70.0 cm³/mol. The van der Waals surface area contributed by atoms with Crippen LogP contribution in [0.4, 0.5) is 0 Å². The number of carbonyl (C=O) groups is 1. The number of carbonyl (C=O) groups excluding carboxylic acids is 1. The number of nitrogens with zero attached hydrogens (tertiary/aromatic N) is 1. The van der Waals surface area contributed by atoms with Crippen LogP contribution in [-0.4, -0.2) is 36.8 Å². The van der Waals surface area contributed by atoms with E-state index in [1.54, 1.807) is 6.07 Å². The number of ether oxygens (including phenoxy) is 2. The van der Waals surface area contributed by atoms with Crippen molar-refractivity contribution in [2.24, 2.45) is 0 Å². The van der Waals surface area contributed by atoms with Gasteiger partial charge < -0.3 is 9.47 Å². The van der Waals surface area contributed by atoms with Gasteiger partial charge in [0.15, 0.2) is 11.5 Å². The number of rotatable bonds is 8. The van der Waals surface area contributed by atoms with E-state index in [-0.39, 0.29) is 5.56 Å². The van der Waals surface area contributed by atoms with Gasteiger partial charge in [-0.1, -0.05) is 0 Å². The van der Waals surface area contributed by atoms with E-state index < -0.39 is 17.3 Å². The molecule has 0 heterocycles. The minimum atomic E-state index is -0.740. The smallest absolute Gasteiger partial charge is 0.265 e. The molecule has 0 aliphatic carbocycles. The molecule has 0 N–H and O–H groups in total. The average Bonchev–Trinajstić information content (AvgIpc) is 2.38. The lowest BCUT2D eigenvalue weighted by Crippen LogP contribution is -2.13. The predicted octanol–water partition coefficient (Wildman–Crippen LogP) is 2.16. The summed E-state index contributed by atoms with van der Waals surface area (Å²) in [6.07, 6.45) is 0.687. The van der Waals surface area contributed by atoms with Gasteiger partial charge in [-0.3, -0.25) is 14.9 Å². The highest BCUT2D eigenvalue weighted by Crippen LogP contribution is 2.28. The van der Waals surface area contributed by atoms with E-state index in [4.69, 9.17) is 21.1 Å². The van der Waals surface area contributed by atoms with Crippen molar-refractivity contribution in [1.82, 2.24) is 0 Å². The zero-order valence-electron chi connectivity index (χ0n) is 10.4. The second-order valence-corrected chi connectivity index (χ2v) is 4.05. The van der Waals surface area contributed by atoms with Gasteiger partial charge in [-0.2, -0.15) is 0 Å². The maximum atomic E-state index is 11.5. The quantitative estimate of drug-likeness (QED) is 0.241. The van der Waals surface area contributed by atoms with Crippen LogP contribution in [0.1, 0.15) is 16.8 Å². The lowest BCUT2D eigenvalue weighted by Gasteiger charge is -2.10. The second-order valence-electron chi connectivity index (χ2n) is 3.67. The second kappa shape index (κ2) is 7.58. The molecule has 19 heavy (non-hydrogen) atoms. The van der Waals surface area contributed by atoms with E-state index in [0.717, 1.165) is 0 Å². The average molecular weight is 288 g/mol. The lowest BCUT2D eigenvalue weighted by atomic mass is 10.1. The van der Waals surface area contributed by atoms with Crippen LogP contribution in [0.3, 0.4) is 0 Å². The van der Waals surface area contributed by atoms with E-state index in [2.05, 4.69) is 0 Å². The number of ketones is 1. The molecular formula is C12H14ClNO5. The zero-order chi connectivity index (χ0) is 14.3. The Labute approximate surface area is 115 Å². The molecule has 7 heteroatoms. The lowest BCUT2D eigenvalue weighted by molar-refractivity contribution is -0.465. The summed E-state index contributed by atoms with van der Waals surface area (Å²) in [4.78, 5) is 21.2. The maximum Gasteiger partial charge on any atom is 0.265 e. The fraction of sp³-hybridized carbons (Fsp3) is 0.417. The number of hydrogen-bond acceptors (Lipinski definition) is 5. The van der Waals surface area contributed by atoms with E-state index >= 15 is 0 Å². The fourth-order valence-electron chi connectivity index (χ4n) is 1.41. The van der Waals surface area contributed by atoms with Gasteiger partial charge >= 0.3 is 0 Å². The molecule has 0 amide bonds. The van der Waals surface area contributed by atoms with Crippen LogP contribution < -0.4 is 9.47 Å². The van der Waals surface area contributed by atoms with Gasteiger partial charge in [-0.25, -0.2) is 0 Å². The fourth-order valence-corrected chi connectivity index (χ4v) is 1.51. The molecule has 0 spiro atoms. The molecule has 0 radical (unpaired) electrons. The summed E-state index contributed by atoms with van der Waals surface area (Å²) in [5.41, 5.74) is 0.221. The van der Waals surface area contributed by atoms with Crippen LogP contribution in [-0.2, 0) is 0 Å². The van der Waals surface area contributed by atoms with Gasteiger partial charge in [-0.15, -0.1) is 11.6 Å². The third kappa shape index (κ3) is 4.75. The van der Waals surface area contributed by atoms with Crippen LogP contribution in [0.2, 0.25) is 0 Å². The molecule has 1 aromatic carbocycles. The molecule has 1 rings (SSSR count). The first kappa shape index (κ1) is 15.2. The van der Waals surface area contributed by atoms with Crippen molar-refractivity contribution in [1.29, 1.82) is 0 Å². The Bertz CT molecular complexity index is 463. The number of alkyl halides is 1. The molecule has 6 nitrogen and oxygen atoms in total. The van der Waals surface area contributed by atoms with E-state index in [0.29, 0.717) is 30.4 Å². The summed E-state index contributed by atoms with van der Waals surface area (Å²) < 4.78 is 10.5. The largest absolute Gasteiger partial charge is 0.493 e. The topological polar surface area (TPSA) is 78.7 Å². The molecule has 104 valence electrons. The third-order valence-corrected chi connectivity index (χ3v) is 2.56. The van der Waals surface area contributed by atoms with Crippen molar-refractivity contribution in [3.63, 3.8) is 0 Å². The summed E-state index contributed by atoms with van der Waals surface area (Å²) in [6.45, 7) is -0.308. The highest BCUT2D eigenvalue weighted by molar-refractivity contribution is 6.17. The minimum absolute atomic E-state index is 0.221. The van der Waals surface area contributed by atoms with Gasteiger partial charge in [0, 0.05) is 16.4 Å². The molecule has 0 bridgehead atoms. The van der Waals surface area contributed by atoms with E-state index in [9.17, 15) is 14.9 Å². The standard InChI is InChI=1S/C12H14ClNO5/c1-18-12-7-9(10(15)8-14(16)17)3-4-11(12)19-6-2-5-13/h3-4,7H,2,5-6,8H2,1H3. The molecule has 0 saturated carbocycles. The first-order valence-corrected chi connectivity index (χ1v) is 6.13. The number of Topliss-reactive ketones (excluding diaryl/α,β-unsaturated/α-hetero) is 1. The van der Waals surface area contributed by atoms with Gasteiger partial charge in [0.05, 0.1) is 13.7 Å². The molecule has 0 saturated heterocycles. The zero-order valence-corrected chi connectivity index (χ0v) is 11.2. The Morgan fingerprint density at radius 1 is 1.42 bits per heavy atom. The number of benzene rings is 1.